The number of phenols is 1. The Balaban J connectivity index is 1.32. The third kappa shape index (κ3) is 3.60. The van der Waals surface area contributed by atoms with Crippen LogP contribution >= 0.6 is 11.8 Å². The Hall–Kier alpha value is -2.52. The summed E-state index contributed by atoms with van der Waals surface area (Å²) < 4.78 is 1.72. The summed E-state index contributed by atoms with van der Waals surface area (Å²) in [5.41, 5.74) is 1.76. The molecule has 2 saturated heterocycles. The maximum absolute atomic E-state index is 10.4. The number of benzene rings is 1. The third-order valence-electron chi connectivity index (χ3n) is 5.96. The molecular formula is C20H23N7OS. The fraction of sp³-hybridized carbons (Fsp3) is 0.450. The summed E-state index contributed by atoms with van der Waals surface area (Å²) in [6.07, 6.45) is 9.62. The average molecular weight is 410 g/mol. The number of thioether (sulfide) groups is 1. The van der Waals surface area contributed by atoms with Gasteiger partial charge in [-0.05, 0) is 51.7 Å². The van der Waals surface area contributed by atoms with Gasteiger partial charge in [0.15, 0.2) is 5.82 Å². The maximum atomic E-state index is 10.4. The minimum atomic E-state index is 0.0918. The Labute approximate surface area is 173 Å². The average Bonchev–Trinajstić information content (AvgIpc) is 3.28. The Bertz CT molecular complexity index is 1010. The highest BCUT2D eigenvalue weighted by Gasteiger charge is 2.48. The molecule has 3 atom stereocenters. The zero-order valence-corrected chi connectivity index (χ0v) is 17.2. The number of hydrogen-bond acceptors (Lipinski definition) is 8. The first-order valence-electron chi connectivity index (χ1n) is 9.76. The number of piperidine rings is 1. The topological polar surface area (TPSA) is 102 Å². The van der Waals surface area contributed by atoms with Crippen molar-refractivity contribution >= 4 is 11.8 Å². The van der Waals surface area contributed by atoms with Gasteiger partial charge in [0, 0.05) is 22.4 Å². The Kier molecular flexibility index (Phi) is 4.32. The fourth-order valence-electron chi connectivity index (χ4n) is 4.69. The van der Waals surface area contributed by atoms with Gasteiger partial charge in [-0.1, -0.05) is 11.8 Å². The number of hydrogen-bond donors (Lipinski definition) is 2. The van der Waals surface area contributed by atoms with E-state index in [1.165, 1.54) is 12.8 Å². The van der Waals surface area contributed by atoms with Gasteiger partial charge in [0.2, 0.25) is 0 Å². The Morgan fingerprint density at radius 3 is 2.45 bits per heavy atom. The van der Waals surface area contributed by atoms with Gasteiger partial charge in [-0.2, -0.15) is 0 Å². The zero-order valence-electron chi connectivity index (χ0n) is 16.4. The quantitative estimate of drug-likeness (QED) is 0.678. The molecule has 2 aromatic heterocycles. The molecular weight excluding hydrogens is 386 g/mol. The van der Waals surface area contributed by atoms with E-state index >= 15 is 0 Å². The standard InChI is InChI=1S/C20H23N7OS/c1-19-5-6-20(2,26-19)9-14(8-19)29-17-10-21-18(25-24-17)15-4-3-13(7-16(15)28)27-11-22-23-12-27/h3-4,7,10-12,14,26,28H,5-6,8-9H2,1-2H3/t14?,19-,20+. The first kappa shape index (κ1) is 18.5. The van der Waals surface area contributed by atoms with Crippen LogP contribution < -0.4 is 5.32 Å². The third-order valence-corrected chi connectivity index (χ3v) is 7.05. The molecule has 2 aliphatic heterocycles. The van der Waals surface area contributed by atoms with Crippen molar-refractivity contribution < 1.29 is 5.11 Å². The van der Waals surface area contributed by atoms with Gasteiger partial charge in [-0.25, -0.2) is 4.98 Å². The lowest BCUT2D eigenvalue weighted by molar-refractivity contribution is 0.241. The SMILES string of the molecule is C[C@]12CC[C@](C)(CC(Sc3cnc(-c4ccc(-n5cnnc5)cc4O)nn3)C1)N2. The van der Waals surface area contributed by atoms with Crippen LogP contribution in [0.4, 0.5) is 0 Å². The number of fused-ring (bicyclic) bond motifs is 2. The molecule has 150 valence electrons. The molecule has 4 heterocycles. The van der Waals surface area contributed by atoms with Gasteiger partial charge < -0.3 is 10.4 Å². The van der Waals surface area contributed by atoms with Gasteiger partial charge in [-0.3, -0.25) is 4.57 Å². The fourth-order valence-corrected chi connectivity index (χ4v) is 6.13. The number of nitrogens with one attached hydrogen (secondary N) is 1. The molecule has 0 spiro atoms. The van der Waals surface area contributed by atoms with Crippen molar-refractivity contribution in [1.82, 2.24) is 35.3 Å². The Morgan fingerprint density at radius 2 is 1.83 bits per heavy atom. The zero-order chi connectivity index (χ0) is 20.1. The number of phenolic OH excluding ortho intramolecular Hbond substituents is 1. The second kappa shape index (κ2) is 6.77. The molecule has 2 bridgehead atoms. The van der Waals surface area contributed by atoms with Crippen molar-refractivity contribution in [2.75, 3.05) is 0 Å². The van der Waals surface area contributed by atoms with Gasteiger partial charge >= 0.3 is 0 Å². The summed E-state index contributed by atoms with van der Waals surface area (Å²) in [5.74, 6) is 0.501. The minimum absolute atomic E-state index is 0.0918. The molecule has 1 aromatic carbocycles. The monoisotopic (exact) mass is 409 g/mol. The van der Waals surface area contributed by atoms with E-state index in [4.69, 9.17) is 0 Å². The molecule has 0 aliphatic carbocycles. The van der Waals surface area contributed by atoms with Crippen LogP contribution in [0.15, 0.2) is 42.1 Å². The van der Waals surface area contributed by atoms with E-state index in [1.54, 1.807) is 47.3 Å². The summed E-state index contributed by atoms with van der Waals surface area (Å²) in [6, 6.07) is 5.27. The predicted octanol–water partition coefficient (Wildman–Crippen LogP) is 2.98. The largest absolute Gasteiger partial charge is 0.507 e. The Morgan fingerprint density at radius 1 is 1.10 bits per heavy atom. The lowest BCUT2D eigenvalue weighted by Crippen LogP contribution is -2.54. The smallest absolute Gasteiger partial charge is 0.185 e. The van der Waals surface area contributed by atoms with Crippen LogP contribution in [0, 0.1) is 0 Å². The summed E-state index contributed by atoms with van der Waals surface area (Å²) in [6.45, 7) is 4.65. The van der Waals surface area contributed by atoms with Crippen molar-refractivity contribution in [2.24, 2.45) is 0 Å². The van der Waals surface area contributed by atoms with E-state index in [0.717, 1.165) is 23.6 Å². The van der Waals surface area contributed by atoms with Gasteiger partial charge in [0.05, 0.1) is 17.4 Å². The summed E-state index contributed by atoms with van der Waals surface area (Å²) in [4.78, 5) is 4.45. The van der Waals surface area contributed by atoms with E-state index in [9.17, 15) is 5.11 Å². The van der Waals surface area contributed by atoms with Crippen LogP contribution in [0.1, 0.15) is 39.5 Å². The van der Waals surface area contributed by atoms with E-state index in [0.29, 0.717) is 16.6 Å². The van der Waals surface area contributed by atoms with Gasteiger partial charge in [-0.15, -0.1) is 20.4 Å². The highest BCUT2D eigenvalue weighted by Crippen LogP contribution is 2.46. The molecule has 1 unspecified atom stereocenters. The van der Waals surface area contributed by atoms with Crippen LogP contribution in [0.25, 0.3) is 17.1 Å². The molecule has 5 rings (SSSR count). The molecule has 9 heteroatoms. The van der Waals surface area contributed by atoms with E-state index in [-0.39, 0.29) is 16.8 Å². The molecule has 2 aliphatic rings. The summed E-state index contributed by atoms with van der Waals surface area (Å²) >= 11 is 1.76. The van der Waals surface area contributed by atoms with E-state index < -0.39 is 0 Å². The van der Waals surface area contributed by atoms with Crippen LogP contribution in [-0.2, 0) is 0 Å². The highest BCUT2D eigenvalue weighted by atomic mass is 32.2. The summed E-state index contributed by atoms with van der Waals surface area (Å²) in [5, 5.41) is 31.8. The van der Waals surface area contributed by atoms with E-state index in [2.05, 4.69) is 44.5 Å². The second-order valence-corrected chi connectivity index (χ2v) is 9.91. The van der Waals surface area contributed by atoms with Crippen molar-refractivity contribution in [3.05, 3.63) is 37.1 Å². The number of aromatic nitrogens is 6. The van der Waals surface area contributed by atoms with Crippen molar-refractivity contribution in [3.8, 4) is 22.8 Å². The van der Waals surface area contributed by atoms with Crippen LogP contribution in [0.5, 0.6) is 5.75 Å². The molecule has 3 aromatic rings. The molecule has 0 radical (unpaired) electrons. The number of rotatable bonds is 4. The first-order valence-corrected chi connectivity index (χ1v) is 10.6. The van der Waals surface area contributed by atoms with Crippen molar-refractivity contribution in [3.63, 3.8) is 0 Å². The van der Waals surface area contributed by atoms with E-state index in [1.807, 2.05) is 6.07 Å². The first-order chi connectivity index (χ1) is 13.9. The molecule has 29 heavy (non-hydrogen) atoms. The molecule has 8 nitrogen and oxygen atoms in total. The summed E-state index contributed by atoms with van der Waals surface area (Å²) in [7, 11) is 0. The molecule has 2 fully saturated rings. The van der Waals surface area contributed by atoms with Crippen molar-refractivity contribution in [2.45, 2.75) is 60.9 Å². The minimum Gasteiger partial charge on any atom is -0.507 e. The maximum Gasteiger partial charge on any atom is 0.185 e. The normalized spacial score (nSPS) is 28.6. The highest BCUT2D eigenvalue weighted by molar-refractivity contribution is 7.99. The number of nitrogens with zero attached hydrogens (tertiary/aromatic N) is 6. The number of aromatic hydroxyl groups is 1. The van der Waals surface area contributed by atoms with Crippen LogP contribution in [0.3, 0.4) is 0 Å². The molecule has 0 amide bonds. The molecule has 0 saturated carbocycles. The van der Waals surface area contributed by atoms with Crippen LogP contribution in [-0.4, -0.2) is 51.4 Å². The van der Waals surface area contributed by atoms with Crippen LogP contribution in [0.2, 0.25) is 0 Å². The van der Waals surface area contributed by atoms with Crippen molar-refractivity contribution in [1.29, 1.82) is 0 Å². The predicted molar refractivity (Wildman–Crippen MR) is 110 cm³/mol. The second-order valence-electron chi connectivity index (χ2n) is 8.59. The van der Waals surface area contributed by atoms with Gasteiger partial charge in [0.1, 0.15) is 23.4 Å². The lowest BCUT2D eigenvalue weighted by Gasteiger charge is -2.41. The molecule has 2 N–H and O–H groups in total. The van der Waals surface area contributed by atoms with Gasteiger partial charge in [0.25, 0.3) is 0 Å². The lowest BCUT2D eigenvalue weighted by atomic mass is 9.88.